The standard InChI is InChI=1S/C11H14ClN3O2S.ClH/c1-11(2,14)7-15-18(16,17)10-4-3-8(6-13)5-9(10)12;/h3-5,15H,7,14H2,1-2H3;1H. The molecule has 0 aromatic heterocycles. The van der Waals surface area contributed by atoms with Gasteiger partial charge in [0.1, 0.15) is 4.90 Å². The van der Waals surface area contributed by atoms with Crippen LogP contribution in [0.3, 0.4) is 0 Å². The molecule has 19 heavy (non-hydrogen) atoms. The molecule has 1 aromatic rings. The van der Waals surface area contributed by atoms with Crippen molar-refractivity contribution in [1.29, 1.82) is 5.26 Å². The summed E-state index contributed by atoms with van der Waals surface area (Å²) < 4.78 is 26.3. The van der Waals surface area contributed by atoms with E-state index in [1.165, 1.54) is 18.2 Å². The van der Waals surface area contributed by atoms with Gasteiger partial charge in [-0.15, -0.1) is 12.4 Å². The zero-order chi connectivity index (χ0) is 14.0. The zero-order valence-electron chi connectivity index (χ0n) is 10.5. The van der Waals surface area contributed by atoms with E-state index in [0.29, 0.717) is 5.56 Å². The second-order valence-corrected chi connectivity index (χ2v) is 6.71. The fourth-order valence-electron chi connectivity index (χ4n) is 1.15. The fraction of sp³-hybridized carbons (Fsp3) is 0.364. The van der Waals surface area contributed by atoms with Crippen molar-refractivity contribution in [2.75, 3.05) is 6.54 Å². The Morgan fingerprint density at radius 2 is 2.05 bits per heavy atom. The van der Waals surface area contributed by atoms with Gasteiger partial charge in [-0.25, -0.2) is 13.1 Å². The average molecular weight is 324 g/mol. The first-order chi connectivity index (χ1) is 8.15. The average Bonchev–Trinajstić information content (AvgIpc) is 2.25. The smallest absolute Gasteiger partial charge is 0.242 e. The van der Waals surface area contributed by atoms with Crippen LogP contribution in [-0.2, 0) is 10.0 Å². The molecule has 0 saturated heterocycles. The van der Waals surface area contributed by atoms with Crippen molar-refractivity contribution in [3.05, 3.63) is 28.8 Å². The molecule has 0 saturated carbocycles. The number of nitriles is 1. The van der Waals surface area contributed by atoms with E-state index >= 15 is 0 Å². The molecule has 1 rings (SSSR count). The first kappa shape index (κ1) is 18.2. The molecular formula is C11H15Cl2N3O2S. The highest BCUT2D eigenvalue weighted by Gasteiger charge is 2.21. The third kappa shape index (κ3) is 5.35. The Hall–Kier alpha value is -0.840. The number of benzene rings is 1. The van der Waals surface area contributed by atoms with Crippen LogP contribution < -0.4 is 10.5 Å². The highest BCUT2D eigenvalue weighted by Crippen LogP contribution is 2.22. The Labute approximate surface area is 124 Å². The molecular weight excluding hydrogens is 309 g/mol. The van der Waals surface area contributed by atoms with E-state index in [-0.39, 0.29) is 28.9 Å². The van der Waals surface area contributed by atoms with Crippen LogP contribution in [0.25, 0.3) is 0 Å². The summed E-state index contributed by atoms with van der Waals surface area (Å²) in [5.41, 5.74) is 5.34. The van der Waals surface area contributed by atoms with E-state index in [0.717, 1.165) is 0 Å². The summed E-state index contributed by atoms with van der Waals surface area (Å²) in [5, 5.41) is 8.69. The van der Waals surface area contributed by atoms with Gasteiger partial charge in [0, 0.05) is 12.1 Å². The number of nitrogens with zero attached hydrogens (tertiary/aromatic N) is 1. The van der Waals surface area contributed by atoms with Gasteiger partial charge in [-0.05, 0) is 32.0 Å². The minimum absolute atomic E-state index is 0. The predicted octanol–water partition coefficient (Wildman–Crippen LogP) is 1.65. The van der Waals surface area contributed by atoms with Crippen LogP contribution >= 0.6 is 24.0 Å². The molecule has 0 amide bonds. The van der Waals surface area contributed by atoms with Gasteiger partial charge < -0.3 is 5.73 Å². The zero-order valence-corrected chi connectivity index (χ0v) is 12.9. The monoisotopic (exact) mass is 323 g/mol. The maximum absolute atomic E-state index is 12.0. The summed E-state index contributed by atoms with van der Waals surface area (Å²) >= 11 is 5.84. The van der Waals surface area contributed by atoms with Crippen LogP contribution in [-0.4, -0.2) is 20.5 Å². The van der Waals surface area contributed by atoms with Crippen molar-refractivity contribution in [3.63, 3.8) is 0 Å². The SMILES string of the molecule is CC(C)(N)CNS(=O)(=O)c1ccc(C#N)cc1Cl.Cl. The van der Waals surface area contributed by atoms with Gasteiger partial charge in [-0.2, -0.15) is 5.26 Å². The summed E-state index contributed by atoms with van der Waals surface area (Å²) in [6, 6.07) is 5.89. The lowest BCUT2D eigenvalue weighted by molar-refractivity contribution is 0.498. The quantitative estimate of drug-likeness (QED) is 0.880. The Morgan fingerprint density at radius 3 is 2.47 bits per heavy atom. The van der Waals surface area contributed by atoms with Gasteiger partial charge in [-0.1, -0.05) is 11.6 Å². The third-order valence-corrected chi connectivity index (χ3v) is 3.95. The topological polar surface area (TPSA) is 96.0 Å². The molecule has 0 radical (unpaired) electrons. The normalized spacial score (nSPS) is 11.5. The van der Waals surface area contributed by atoms with Crippen LogP contribution in [0.15, 0.2) is 23.1 Å². The molecule has 5 nitrogen and oxygen atoms in total. The molecule has 0 aliphatic rings. The van der Waals surface area contributed by atoms with Crippen molar-refractivity contribution in [3.8, 4) is 6.07 Å². The summed E-state index contributed by atoms with van der Waals surface area (Å²) in [6.45, 7) is 3.50. The van der Waals surface area contributed by atoms with E-state index in [9.17, 15) is 8.42 Å². The largest absolute Gasteiger partial charge is 0.324 e. The van der Waals surface area contributed by atoms with Gasteiger partial charge in [0.15, 0.2) is 0 Å². The molecule has 8 heteroatoms. The Morgan fingerprint density at radius 1 is 1.47 bits per heavy atom. The Bertz CT molecular complexity index is 589. The van der Waals surface area contributed by atoms with Crippen LogP contribution in [0, 0.1) is 11.3 Å². The molecule has 0 fully saturated rings. The van der Waals surface area contributed by atoms with Crippen molar-refractivity contribution in [1.82, 2.24) is 4.72 Å². The minimum Gasteiger partial charge on any atom is -0.324 e. The first-order valence-corrected chi connectivity index (χ1v) is 7.00. The molecule has 3 N–H and O–H groups in total. The third-order valence-electron chi connectivity index (χ3n) is 2.07. The number of rotatable bonds is 4. The molecule has 0 spiro atoms. The highest BCUT2D eigenvalue weighted by atomic mass is 35.5. The maximum Gasteiger partial charge on any atom is 0.242 e. The first-order valence-electron chi connectivity index (χ1n) is 5.14. The van der Waals surface area contributed by atoms with E-state index in [1.54, 1.807) is 13.8 Å². The lowest BCUT2D eigenvalue weighted by atomic mass is 10.1. The molecule has 1 aromatic carbocycles. The number of sulfonamides is 1. The summed E-state index contributed by atoms with van der Waals surface area (Å²) in [5.74, 6) is 0. The van der Waals surface area contributed by atoms with Gasteiger partial charge >= 0.3 is 0 Å². The summed E-state index contributed by atoms with van der Waals surface area (Å²) in [6.07, 6.45) is 0. The van der Waals surface area contributed by atoms with Crippen molar-refractivity contribution >= 4 is 34.0 Å². The van der Waals surface area contributed by atoms with E-state index in [1.807, 2.05) is 6.07 Å². The number of hydrogen-bond acceptors (Lipinski definition) is 4. The molecule has 0 heterocycles. The van der Waals surface area contributed by atoms with E-state index < -0.39 is 15.6 Å². The highest BCUT2D eigenvalue weighted by molar-refractivity contribution is 7.89. The number of nitrogens with one attached hydrogen (secondary N) is 1. The fourth-order valence-corrected chi connectivity index (χ4v) is 2.91. The summed E-state index contributed by atoms with van der Waals surface area (Å²) in [4.78, 5) is -0.0626. The number of nitrogens with two attached hydrogens (primary N) is 1. The number of hydrogen-bond donors (Lipinski definition) is 2. The second kappa shape index (κ2) is 6.55. The second-order valence-electron chi connectivity index (χ2n) is 4.57. The van der Waals surface area contributed by atoms with Gasteiger partial charge in [-0.3, -0.25) is 0 Å². The van der Waals surface area contributed by atoms with E-state index in [4.69, 9.17) is 22.6 Å². The molecule has 0 atom stereocenters. The van der Waals surface area contributed by atoms with Crippen LogP contribution in [0.2, 0.25) is 5.02 Å². The molecule has 0 aliphatic carbocycles. The lowest BCUT2D eigenvalue weighted by Crippen LogP contribution is -2.45. The predicted molar refractivity (Wildman–Crippen MR) is 76.9 cm³/mol. The summed E-state index contributed by atoms with van der Waals surface area (Å²) in [7, 11) is -3.72. The van der Waals surface area contributed by atoms with Crippen molar-refractivity contribution in [2.24, 2.45) is 5.73 Å². The molecule has 0 bridgehead atoms. The number of halogens is 2. The minimum atomic E-state index is -3.72. The van der Waals surface area contributed by atoms with Gasteiger partial charge in [0.05, 0.1) is 16.7 Å². The van der Waals surface area contributed by atoms with E-state index in [2.05, 4.69) is 4.72 Å². The van der Waals surface area contributed by atoms with Crippen molar-refractivity contribution < 1.29 is 8.42 Å². The van der Waals surface area contributed by atoms with Crippen LogP contribution in [0.5, 0.6) is 0 Å². The van der Waals surface area contributed by atoms with Crippen LogP contribution in [0.1, 0.15) is 19.4 Å². The van der Waals surface area contributed by atoms with Gasteiger partial charge in [0.2, 0.25) is 10.0 Å². The maximum atomic E-state index is 12.0. The molecule has 0 aliphatic heterocycles. The lowest BCUT2D eigenvalue weighted by Gasteiger charge is -2.19. The Balaban J connectivity index is 0.00000324. The van der Waals surface area contributed by atoms with Gasteiger partial charge in [0.25, 0.3) is 0 Å². The van der Waals surface area contributed by atoms with Crippen molar-refractivity contribution in [2.45, 2.75) is 24.3 Å². The van der Waals surface area contributed by atoms with Crippen LogP contribution in [0.4, 0.5) is 0 Å². The molecule has 106 valence electrons. The molecule has 0 unspecified atom stereocenters. The Kier molecular flexibility index (Phi) is 6.26.